The van der Waals surface area contributed by atoms with Crippen molar-refractivity contribution in [3.05, 3.63) is 54.0 Å². The zero-order valence-electron chi connectivity index (χ0n) is 16.1. The molecule has 0 bridgehead atoms. The SMILES string of the molecule is COCCN(C)c1nccc(NC(=O)c2oc(-c3ccccc3)nc2C(F)(F)F)n1. The Labute approximate surface area is 169 Å². The van der Waals surface area contributed by atoms with Gasteiger partial charge in [0.05, 0.1) is 6.61 Å². The zero-order valence-corrected chi connectivity index (χ0v) is 16.1. The van der Waals surface area contributed by atoms with Crippen molar-refractivity contribution in [2.75, 3.05) is 37.5 Å². The van der Waals surface area contributed by atoms with Crippen LogP contribution < -0.4 is 10.2 Å². The van der Waals surface area contributed by atoms with Gasteiger partial charge in [0.2, 0.25) is 17.6 Å². The third-order valence-electron chi connectivity index (χ3n) is 3.98. The van der Waals surface area contributed by atoms with Crippen LogP contribution in [0.5, 0.6) is 0 Å². The van der Waals surface area contributed by atoms with Gasteiger partial charge in [0, 0.05) is 32.5 Å². The monoisotopic (exact) mass is 421 g/mol. The number of nitrogens with zero attached hydrogens (tertiary/aromatic N) is 4. The summed E-state index contributed by atoms with van der Waals surface area (Å²) in [7, 11) is 3.26. The van der Waals surface area contributed by atoms with Crippen molar-refractivity contribution < 1.29 is 27.1 Å². The van der Waals surface area contributed by atoms with Crippen molar-refractivity contribution in [2.24, 2.45) is 0 Å². The Balaban J connectivity index is 1.87. The van der Waals surface area contributed by atoms with E-state index >= 15 is 0 Å². The van der Waals surface area contributed by atoms with E-state index in [2.05, 4.69) is 20.3 Å². The standard InChI is InChI=1S/C19H18F3N5O3/c1-27(10-11-29-2)18-23-9-8-13(25-18)24-16(28)14-15(19(20,21)22)26-17(30-14)12-6-4-3-5-7-12/h3-9H,10-11H2,1-2H3,(H,23,24,25,28). The molecule has 0 aliphatic heterocycles. The molecule has 0 aliphatic carbocycles. The maximum absolute atomic E-state index is 13.4. The minimum absolute atomic E-state index is 0.0139. The van der Waals surface area contributed by atoms with Crippen LogP contribution >= 0.6 is 0 Å². The summed E-state index contributed by atoms with van der Waals surface area (Å²) < 4.78 is 50.4. The van der Waals surface area contributed by atoms with E-state index in [4.69, 9.17) is 9.15 Å². The molecule has 1 amide bonds. The molecular formula is C19H18F3N5O3. The van der Waals surface area contributed by atoms with E-state index in [0.29, 0.717) is 18.7 Å². The number of aromatic nitrogens is 3. The smallest absolute Gasteiger partial charge is 0.430 e. The number of likely N-dealkylation sites (N-methyl/N-ethyl adjacent to an activating group) is 1. The maximum Gasteiger partial charge on any atom is 0.437 e. The summed E-state index contributed by atoms with van der Waals surface area (Å²) in [6, 6.07) is 9.35. The largest absolute Gasteiger partial charge is 0.437 e. The van der Waals surface area contributed by atoms with Crippen LogP contribution in [0.2, 0.25) is 0 Å². The van der Waals surface area contributed by atoms with E-state index in [9.17, 15) is 18.0 Å². The summed E-state index contributed by atoms with van der Waals surface area (Å²) >= 11 is 0. The number of anilines is 2. The van der Waals surface area contributed by atoms with Gasteiger partial charge in [0.25, 0.3) is 5.91 Å². The van der Waals surface area contributed by atoms with Gasteiger partial charge in [-0.25, -0.2) is 9.97 Å². The quantitative estimate of drug-likeness (QED) is 0.624. The van der Waals surface area contributed by atoms with Crippen molar-refractivity contribution in [1.82, 2.24) is 15.0 Å². The molecule has 30 heavy (non-hydrogen) atoms. The summed E-state index contributed by atoms with van der Waals surface area (Å²) in [6.45, 7) is 0.903. The van der Waals surface area contributed by atoms with E-state index in [1.54, 1.807) is 37.3 Å². The van der Waals surface area contributed by atoms with Crippen molar-refractivity contribution in [1.29, 1.82) is 0 Å². The Hall–Kier alpha value is -3.47. The predicted octanol–water partition coefficient (Wildman–Crippen LogP) is 3.49. The number of ether oxygens (including phenoxy) is 1. The molecule has 2 aromatic heterocycles. The van der Waals surface area contributed by atoms with Crippen molar-refractivity contribution >= 4 is 17.7 Å². The molecule has 0 saturated heterocycles. The molecule has 0 unspecified atom stereocenters. The summed E-state index contributed by atoms with van der Waals surface area (Å²) in [5.74, 6) is -2.10. The Morgan fingerprint density at radius 2 is 1.93 bits per heavy atom. The van der Waals surface area contributed by atoms with Crippen LogP contribution in [0.25, 0.3) is 11.5 Å². The first kappa shape index (κ1) is 21.2. The molecule has 1 aromatic carbocycles. The second-order valence-corrected chi connectivity index (χ2v) is 6.17. The highest BCUT2D eigenvalue weighted by molar-refractivity contribution is 6.02. The van der Waals surface area contributed by atoms with E-state index in [0.717, 1.165) is 0 Å². The van der Waals surface area contributed by atoms with Gasteiger partial charge in [-0.3, -0.25) is 4.79 Å². The van der Waals surface area contributed by atoms with Crippen LogP contribution in [0, 0.1) is 0 Å². The molecule has 0 aliphatic rings. The van der Waals surface area contributed by atoms with Crippen molar-refractivity contribution in [2.45, 2.75) is 6.18 Å². The van der Waals surface area contributed by atoms with Crippen LogP contribution in [0.15, 0.2) is 47.0 Å². The van der Waals surface area contributed by atoms with Crippen LogP contribution in [0.1, 0.15) is 16.2 Å². The molecule has 3 rings (SSSR count). The first-order valence-corrected chi connectivity index (χ1v) is 8.77. The lowest BCUT2D eigenvalue weighted by molar-refractivity contribution is -0.141. The number of carbonyl (C=O) groups is 1. The van der Waals surface area contributed by atoms with Gasteiger partial charge >= 0.3 is 6.18 Å². The molecule has 0 radical (unpaired) electrons. The van der Waals surface area contributed by atoms with Gasteiger partial charge in [-0.1, -0.05) is 18.2 Å². The Kier molecular flexibility index (Phi) is 6.31. The number of hydrogen-bond acceptors (Lipinski definition) is 7. The molecule has 1 N–H and O–H groups in total. The first-order chi connectivity index (χ1) is 14.3. The topological polar surface area (TPSA) is 93.4 Å². The number of methoxy groups -OCH3 is 1. The van der Waals surface area contributed by atoms with Gasteiger partial charge in [0.1, 0.15) is 5.82 Å². The fraction of sp³-hybridized carbons (Fsp3) is 0.263. The number of rotatable bonds is 7. The molecule has 0 spiro atoms. The number of nitrogens with one attached hydrogen (secondary N) is 1. The van der Waals surface area contributed by atoms with Gasteiger partial charge in [-0.15, -0.1) is 0 Å². The van der Waals surface area contributed by atoms with Gasteiger partial charge in [0.15, 0.2) is 5.69 Å². The van der Waals surface area contributed by atoms with Gasteiger partial charge < -0.3 is 19.4 Å². The Bertz CT molecular complexity index is 1010. The summed E-state index contributed by atoms with van der Waals surface area (Å²) in [6.07, 6.45) is -3.50. The minimum Gasteiger partial charge on any atom is -0.430 e. The van der Waals surface area contributed by atoms with Gasteiger partial charge in [-0.05, 0) is 18.2 Å². The van der Waals surface area contributed by atoms with Crippen molar-refractivity contribution in [3.63, 3.8) is 0 Å². The summed E-state index contributed by atoms with van der Waals surface area (Å²) in [5.41, 5.74) is -1.10. The fourth-order valence-electron chi connectivity index (χ4n) is 2.47. The van der Waals surface area contributed by atoms with Crippen LogP contribution in [-0.4, -0.2) is 48.2 Å². The van der Waals surface area contributed by atoms with E-state index in [1.807, 2.05) is 0 Å². The lowest BCUT2D eigenvalue weighted by Crippen LogP contribution is -2.25. The highest BCUT2D eigenvalue weighted by Gasteiger charge is 2.41. The average Bonchev–Trinajstić information content (AvgIpc) is 3.19. The van der Waals surface area contributed by atoms with Crippen LogP contribution in [0.4, 0.5) is 24.9 Å². The van der Waals surface area contributed by atoms with Crippen LogP contribution in [0.3, 0.4) is 0 Å². The summed E-state index contributed by atoms with van der Waals surface area (Å²) in [5, 5.41) is 2.31. The third-order valence-corrected chi connectivity index (χ3v) is 3.98. The predicted molar refractivity (Wildman–Crippen MR) is 102 cm³/mol. The van der Waals surface area contributed by atoms with E-state index < -0.39 is 23.5 Å². The average molecular weight is 421 g/mol. The number of oxazole rings is 1. The molecule has 0 atom stereocenters. The lowest BCUT2D eigenvalue weighted by atomic mass is 10.2. The molecule has 158 valence electrons. The highest BCUT2D eigenvalue weighted by Crippen LogP contribution is 2.34. The van der Waals surface area contributed by atoms with Crippen LogP contribution in [-0.2, 0) is 10.9 Å². The fourth-order valence-corrected chi connectivity index (χ4v) is 2.47. The number of amides is 1. The second-order valence-electron chi connectivity index (χ2n) is 6.17. The molecule has 11 heteroatoms. The molecule has 8 nitrogen and oxygen atoms in total. The summed E-state index contributed by atoms with van der Waals surface area (Å²) in [4.78, 5) is 25.9. The Morgan fingerprint density at radius 3 is 2.60 bits per heavy atom. The first-order valence-electron chi connectivity index (χ1n) is 8.77. The number of hydrogen-bond donors (Lipinski definition) is 1. The second kappa shape index (κ2) is 8.91. The molecule has 0 fully saturated rings. The lowest BCUT2D eigenvalue weighted by Gasteiger charge is -2.16. The number of halogens is 3. The van der Waals surface area contributed by atoms with Gasteiger partial charge in [-0.2, -0.15) is 18.2 Å². The molecule has 2 heterocycles. The Morgan fingerprint density at radius 1 is 1.20 bits per heavy atom. The third kappa shape index (κ3) is 4.92. The molecule has 0 saturated carbocycles. The normalized spacial score (nSPS) is 11.4. The van der Waals surface area contributed by atoms with E-state index in [-0.39, 0.29) is 17.7 Å². The van der Waals surface area contributed by atoms with E-state index in [1.165, 1.54) is 24.4 Å². The number of carbonyl (C=O) groups excluding carboxylic acids is 1. The maximum atomic E-state index is 13.4. The highest BCUT2D eigenvalue weighted by atomic mass is 19.4. The minimum atomic E-state index is -4.87. The number of benzene rings is 1. The molecule has 3 aromatic rings. The van der Waals surface area contributed by atoms with Crippen molar-refractivity contribution in [3.8, 4) is 11.5 Å². The zero-order chi connectivity index (χ0) is 21.7. The number of alkyl halides is 3. The molecular weight excluding hydrogens is 403 g/mol.